The summed E-state index contributed by atoms with van der Waals surface area (Å²) in [6.45, 7) is -0.518. The topological polar surface area (TPSA) is 76.7 Å². The molecular formula is C19H19FN2O4. The van der Waals surface area contributed by atoms with Crippen molar-refractivity contribution >= 4 is 11.8 Å². The third kappa shape index (κ3) is 4.95. The van der Waals surface area contributed by atoms with Gasteiger partial charge in [-0.3, -0.25) is 20.4 Å². The average molecular weight is 358 g/mol. The zero-order chi connectivity index (χ0) is 18.4. The quantitative estimate of drug-likeness (QED) is 0.774. The second-order valence-electron chi connectivity index (χ2n) is 5.91. The number of fused-ring (bicyclic) bond motifs is 1. The van der Waals surface area contributed by atoms with E-state index in [-0.39, 0.29) is 13.2 Å². The first kappa shape index (κ1) is 17.7. The van der Waals surface area contributed by atoms with Crippen LogP contribution in [0.2, 0.25) is 0 Å². The molecule has 1 aliphatic rings. The van der Waals surface area contributed by atoms with Crippen LogP contribution in [0.25, 0.3) is 0 Å². The van der Waals surface area contributed by atoms with Gasteiger partial charge < -0.3 is 9.47 Å². The van der Waals surface area contributed by atoms with Crippen LogP contribution in [-0.4, -0.2) is 25.0 Å². The van der Waals surface area contributed by atoms with Gasteiger partial charge in [0.2, 0.25) is 0 Å². The number of hydrazine groups is 1. The van der Waals surface area contributed by atoms with Gasteiger partial charge in [0, 0.05) is 0 Å². The smallest absolute Gasteiger partial charge is 0.276 e. The Bertz CT molecular complexity index is 793. The molecule has 0 spiro atoms. The highest BCUT2D eigenvalue weighted by Gasteiger charge is 2.12. The van der Waals surface area contributed by atoms with Crippen molar-refractivity contribution in [3.63, 3.8) is 0 Å². The SMILES string of the molecule is O=C(COc1ccc(F)cc1)NNC(=O)COc1ccc2c(c1)CCC2. The van der Waals surface area contributed by atoms with E-state index in [0.717, 1.165) is 19.3 Å². The molecule has 0 atom stereocenters. The third-order valence-electron chi connectivity index (χ3n) is 3.96. The molecule has 0 saturated heterocycles. The van der Waals surface area contributed by atoms with Crippen LogP contribution in [0.4, 0.5) is 4.39 Å². The summed E-state index contributed by atoms with van der Waals surface area (Å²) in [6.07, 6.45) is 3.26. The summed E-state index contributed by atoms with van der Waals surface area (Å²) >= 11 is 0. The highest BCUT2D eigenvalue weighted by molar-refractivity contribution is 5.83. The van der Waals surface area contributed by atoms with Crippen molar-refractivity contribution in [3.05, 3.63) is 59.4 Å². The van der Waals surface area contributed by atoms with Crippen molar-refractivity contribution in [3.8, 4) is 11.5 Å². The fourth-order valence-electron chi connectivity index (χ4n) is 2.68. The average Bonchev–Trinajstić information content (AvgIpc) is 3.12. The summed E-state index contributed by atoms with van der Waals surface area (Å²) in [5.74, 6) is -0.433. The Morgan fingerprint density at radius 1 is 0.846 bits per heavy atom. The Labute approximate surface area is 150 Å². The van der Waals surface area contributed by atoms with Crippen LogP contribution in [0, 0.1) is 5.82 Å². The van der Waals surface area contributed by atoms with Gasteiger partial charge >= 0.3 is 0 Å². The minimum Gasteiger partial charge on any atom is -0.484 e. The molecule has 0 aromatic heterocycles. The predicted molar refractivity (Wildman–Crippen MR) is 92.1 cm³/mol. The number of nitrogens with one attached hydrogen (secondary N) is 2. The first-order valence-electron chi connectivity index (χ1n) is 8.31. The molecule has 0 radical (unpaired) electrons. The highest BCUT2D eigenvalue weighted by Crippen LogP contribution is 2.25. The second-order valence-corrected chi connectivity index (χ2v) is 5.91. The van der Waals surface area contributed by atoms with Gasteiger partial charge in [0.25, 0.3) is 11.8 Å². The van der Waals surface area contributed by atoms with E-state index in [4.69, 9.17) is 9.47 Å². The van der Waals surface area contributed by atoms with Gasteiger partial charge in [0.15, 0.2) is 13.2 Å². The molecule has 6 nitrogen and oxygen atoms in total. The van der Waals surface area contributed by atoms with E-state index in [9.17, 15) is 14.0 Å². The van der Waals surface area contributed by atoms with Crippen molar-refractivity contribution in [2.45, 2.75) is 19.3 Å². The third-order valence-corrected chi connectivity index (χ3v) is 3.96. The van der Waals surface area contributed by atoms with E-state index in [2.05, 4.69) is 10.9 Å². The summed E-state index contributed by atoms with van der Waals surface area (Å²) in [5.41, 5.74) is 7.06. The van der Waals surface area contributed by atoms with Gasteiger partial charge in [0.05, 0.1) is 0 Å². The molecule has 7 heteroatoms. The number of ether oxygens (including phenoxy) is 2. The van der Waals surface area contributed by atoms with Crippen LogP contribution in [-0.2, 0) is 22.4 Å². The first-order valence-corrected chi connectivity index (χ1v) is 8.31. The van der Waals surface area contributed by atoms with Gasteiger partial charge in [-0.25, -0.2) is 4.39 Å². The number of hydrogen-bond donors (Lipinski definition) is 2. The van der Waals surface area contributed by atoms with Gasteiger partial charge in [0.1, 0.15) is 17.3 Å². The van der Waals surface area contributed by atoms with Crippen LogP contribution < -0.4 is 20.3 Å². The van der Waals surface area contributed by atoms with Gasteiger partial charge in [-0.1, -0.05) is 6.07 Å². The Kier molecular flexibility index (Phi) is 5.68. The fourth-order valence-corrected chi connectivity index (χ4v) is 2.68. The Morgan fingerprint density at radius 2 is 1.42 bits per heavy atom. The molecule has 2 amide bonds. The maximum Gasteiger partial charge on any atom is 0.276 e. The molecule has 0 saturated carbocycles. The lowest BCUT2D eigenvalue weighted by molar-refractivity contribution is -0.131. The molecule has 0 aliphatic heterocycles. The van der Waals surface area contributed by atoms with Crippen molar-refractivity contribution in [2.24, 2.45) is 0 Å². The number of carbonyl (C=O) groups is 2. The Morgan fingerprint density at radius 3 is 2.12 bits per heavy atom. The minimum absolute atomic E-state index is 0.210. The predicted octanol–water partition coefficient (Wildman–Crippen LogP) is 1.92. The summed E-state index contributed by atoms with van der Waals surface area (Å²) in [5, 5.41) is 0. The normalized spacial score (nSPS) is 12.2. The van der Waals surface area contributed by atoms with E-state index >= 15 is 0 Å². The number of benzene rings is 2. The molecule has 26 heavy (non-hydrogen) atoms. The molecule has 0 fully saturated rings. The van der Waals surface area contributed by atoms with Gasteiger partial charge in [-0.2, -0.15) is 0 Å². The summed E-state index contributed by atoms with van der Waals surface area (Å²) in [4.78, 5) is 23.4. The molecule has 3 rings (SSSR count). The number of hydrogen-bond acceptors (Lipinski definition) is 4. The Balaban J connectivity index is 1.35. The first-order chi connectivity index (χ1) is 12.6. The van der Waals surface area contributed by atoms with Gasteiger partial charge in [-0.05, 0) is 66.8 Å². The highest BCUT2D eigenvalue weighted by atomic mass is 19.1. The van der Waals surface area contributed by atoms with Crippen LogP contribution in [0.3, 0.4) is 0 Å². The van der Waals surface area contributed by atoms with Crippen molar-refractivity contribution in [2.75, 3.05) is 13.2 Å². The molecule has 0 bridgehead atoms. The standard InChI is InChI=1S/C19H19FN2O4/c20-15-5-8-16(9-6-15)25-11-18(23)21-22-19(24)12-26-17-7-4-13-2-1-3-14(13)10-17/h4-10H,1-3,11-12H2,(H,21,23)(H,22,24). The molecule has 2 N–H and O–H groups in total. The lowest BCUT2D eigenvalue weighted by Crippen LogP contribution is -2.45. The lowest BCUT2D eigenvalue weighted by Gasteiger charge is -2.10. The zero-order valence-corrected chi connectivity index (χ0v) is 14.1. The summed E-state index contributed by atoms with van der Waals surface area (Å²) in [7, 11) is 0. The van der Waals surface area contributed by atoms with E-state index in [1.54, 1.807) is 0 Å². The zero-order valence-electron chi connectivity index (χ0n) is 14.1. The monoisotopic (exact) mass is 358 g/mol. The lowest BCUT2D eigenvalue weighted by atomic mass is 10.1. The summed E-state index contributed by atoms with van der Waals surface area (Å²) < 4.78 is 23.4. The van der Waals surface area contributed by atoms with E-state index < -0.39 is 17.6 Å². The molecular weight excluding hydrogens is 339 g/mol. The molecule has 0 heterocycles. The van der Waals surface area contributed by atoms with E-state index in [1.807, 2.05) is 18.2 Å². The number of aryl methyl sites for hydroxylation is 2. The second kappa shape index (κ2) is 8.33. The van der Waals surface area contributed by atoms with Crippen LogP contribution in [0.15, 0.2) is 42.5 Å². The van der Waals surface area contributed by atoms with Gasteiger partial charge in [-0.15, -0.1) is 0 Å². The number of rotatable bonds is 6. The largest absolute Gasteiger partial charge is 0.484 e. The van der Waals surface area contributed by atoms with Crippen molar-refractivity contribution < 1.29 is 23.5 Å². The fraction of sp³-hybridized carbons (Fsp3) is 0.263. The minimum atomic E-state index is -0.541. The number of carbonyl (C=O) groups excluding carboxylic acids is 2. The number of amides is 2. The van der Waals surface area contributed by atoms with Crippen LogP contribution in [0.5, 0.6) is 11.5 Å². The van der Waals surface area contributed by atoms with Crippen molar-refractivity contribution in [1.29, 1.82) is 0 Å². The molecule has 2 aromatic carbocycles. The molecule has 0 unspecified atom stereocenters. The number of halogens is 1. The Hall–Kier alpha value is -3.09. The van der Waals surface area contributed by atoms with E-state index in [1.165, 1.54) is 35.4 Å². The molecule has 2 aromatic rings. The van der Waals surface area contributed by atoms with E-state index in [0.29, 0.717) is 11.5 Å². The van der Waals surface area contributed by atoms with Crippen LogP contribution in [0.1, 0.15) is 17.5 Å². The maximum absolute atomic E-state index is 12.8. The van der Waals surface area contributed by atoms with Crippen LogP contribution >= 0.6 is 0 Å². The van der Waals surface area contributed by atoms with Crippen molar-refractivity contribution in [1.82, 2.24) is 10.9 Å². The molecule has 136 valence electrons. The maximum atomic E-state index is 12.8. The molecule has 1 aliphatic carbocycles. The summed E-state index contributed by atoms with van der Waals surface area (Å²) in [6, 6.07) is 11.1.